The van der Waals surface area contributed by atoms with Crippen molar-refractivity contribution in [3.8, 4) is 0 Å². The van der Waals surface area contributed by atoms with E-state index in [9.17, 15) is 4.39 Å². The van der Waals surface area contributed by atoms with Crippen LogP contribution in [0.1, 0.15) is 30.9 Å². The zero-order valence-corrected chi connectivity index (χ0v) is 11.6. The van der Waals surface area contributed by atoms with Crippen LogP contribution in [0.2, 0.25) is 0 Å². The van der Waals surface area contributed by atoms with E-state index in [4.69, 9.17) is 5.73 Å². The average Bonchev–Trinajstić information content (AvgIpc) is 2.25. The third-order valence-electron chi connectivity index (χ3n) is 2.87. The van der Waals surface area contributed by atoms with E-state index < -0.39 is 0 Å². The maximum absolute atomic E-state index is 14.0. The van der Waals surface area contributed by atoms with Crippen molar-refractivity contribution in [2.75, 3.05) is 5.73 Å². The first-order chi connectivity index (χ1) is 7.91. The van der Waals surface area contributed by atoms with Crippen LogP contribution in [-0.4, -0.2) is 4.98 Å². The first-order valence-corrected chi connectivity index (χ1v) is 6.25. The molecule has 2 rings (SSSR count). The fourth-order valence-electron chi connectivity index (χ4n) is 1.92. The highest BCUT2D eigenvalue weighted by Crippen LogP contribution is 2.31. The number of aryl methyl sites for hydroxylation is 1. The van der Waals surface area contributed by atoms with Gasteiger partial charge in [0.25, 0.3) is 0 Å². The molecule has 0 atom stereocenters. The predicted octanol–water partition coefficient (Wildman–Crippen LogP) is 4.15. The first-order valence-electron chi connectivity index (χ1n) is 5.46. The lowest BCUT2D eigenvalue weighted by molar-refractivity contribution is 0.632. The number of halogens is 2. The lowest BCUT2D eigenvalue weighted by Gasteiger charge is -2.12. The average molecular weight is 297 g/mol. The minimum Gasteiger partial charge on any atom is -0.383 e. The monoisotopic (exact) mass is 296 g/mol. The van der Waals surface area contributed by atoms with Crippen molar-refractivity contribution >= 4 is 32.7 Å². The summed E-state index contributed by atoms with van der Waals surface area (Å²) in [4.78, 5) is 4.32. The van der Waals surface area contributed by atoms with Crippen molar-refractivity contribution in [3.05, 3.63) is 33.5 Å². The number of rotatable bonds is 1. The van der Waals surface area contributed by atoms with E-state index in [1.807, 2.05) is 20.8 Å². The second kappa shape index (κ2) is 4.26. The third kappa shape index (κ3) is 2.02. The molecule has 1 aromatic carbocycles. The molecular formula is C13H14BrFN2. The van der Waals surface area contributed by atoms with Crippen LogP contribution in [0.5, 0.6) is 0 Å². The fraction of sp³-hybridized carbons (Fsp3) is 0.308. The zero-order chi connectivity index (χ0) is 12.7. The highest BCUT2D eigenvalue weighted by atomic mass is 79.9. The Morgan fingerprint density at radius 2 is 2.00 bits per heavy atom. The molecule has 90 valence electrons. The number of fused-ring (bicyclic) bond motifs is 1. The Labute approximate surface area is 108 Å². The van der Waals surface area contributed by atoms with E-state index in [-0.39, 0.29) is 11.7 Å². The number of aromatic nitrogens is 1. The van der Waals surface area contributed by atoms with Crippen LogP contribution in [0.4, 0.5) is 10.2 Å². The second-order valence-corrected chi connectivity index (χ2v) is 5.36. The Morgan fingerprint density at radius 1 is 1.35 bits per heavy atom. The van der Waals surface area contributed by atoms with Crippen molar-refractivity contribution in [3.63, 3.8) is 0 Å². The van der Waals surface area contributed by atoms with Gasteiger partial charge in [-0.1, -0.05) is 13.8 Å². The molecule has 0 saturated heterocycles. The van der Waals surface area contributed by atoms with Crippen LogP contribution in [0.15, 0.2) is 16.6 Å². The summed E-state index contributed by atoms with van der Waals surface area (Å²) in [7, 11) is 0. The Balaban J connectivity index is 2.88. The smallest absolute Gasteiger partial charge is 0.146 e. The molecular weight excluding hydrogens is 283 g/mol. The van der Waals surface area contributed by atoms with Gasteiger partial charge < -0.3 is 5.73 Å². The summed E-state index contributed by atoms with van der Waals surface area (Å²) in [5.74, 6) is 0.433. The summed E-state index contributed by atoms with van der Waals surface area (Å²) in [5.41, 5.74) is 8.33. The first kappa shape index (κ1) is 12.3. The predicted molar refractivity (Wildman–Crippen MR) is 72.6 cm³/mol. The van der Waals surface area contributed by atoms with E-state index in [1.165, 1.54) is 0 Å². The molecule has 0 saturated carbocycles. The minimum absolute atomic E-state index is 0.227. The van der Waals surface area contributed by atoms with Gasteiger partial charge in [0.15, 0.2) is 0 Å². The van der Waals surface area contributed by atoms with Crippen molar-refractivity contribution < 1.29 is 4.39 Å². The van der Waals surface area contributed by atoms with E-state index in [2.05, 4.69) is 20.9 Å². The summed E-state index contributed by atoms with van der Waals surface area (Å²) < 4.78 is 14.5. The molecule has 0 bridgehead atoms. The van der Waals surface area contributed by atoms with E-state index in [0.29, 0.717) is 21.2 Å². The maximum atomic E-state index is 14.0. The second-order valence-electron chi connectivity index (χ2n) is 4.50. The number of nitrogen functional groups attached to an aromatic ring is 1. The van der Waals surface area contributed by atoms with Crippen molar-refractivity contribution in [2.45, 2.75) is 26.7 Å². The molecule has 0 radical (unpaired) electrons. The normalized spacial score (nSPS) is 11.4. The van der Waals surface area contributed by atoms with Gasteiger partial charge in [0.2, 0.25) is 0 Å². The Kier molecular flexibility index (Phi) is 3.08. The Morgan fingerprint density at radius 3 is 2.59 bits per heavy atom. The number of nitrogens with zero attached hydrogens (tertiary/aromatic N) is 1. The molecule has 2 nitrogen and oxygen atoms in total. The van der Waals surface area contributed by atoms with Gasteiger partial charge in [0.05, 0.1) is 9.99 Å². The molecule has 1 heterocycles. The fourth-order valence-corrected chi connectivity index (χ4v) is 2.48. The van der Waals surface area contributed by atoms with Crippen molar-refractivity contribution in [1.82, 2.24) is 4.98 Å². The third-order valence-corrected chi connectivity index (χ3v) is 3.44. The molecule has 0 amide bonds. The van der Waals surface area contributed by atoms with Gasteiger partial charge in [-0.2, -0.15) is 0 Å². The number of pyridine rings is 1. The molecule has 2 aromatic rings. The van der Waals surface area contributed by atoms with Gasteiger partial charge in [-0.3, -0.25) is 0 Å². The molecule has 0 fully saturated rings. The number of hydrogen-bond acceptors (Lipinski definition) is 2. The quantitative estimate of drug-likeness (QED) is 0.858. The van der Waals surface area contributed by atoms with Crippen LogP contribution < -0.4 is 5.73 Å². The maximum Gasteiger partial charge on any atom is 0.146 e. The molecule has 0 spiro atoms. The Bertz CT molecular complexity index is 594. The molecule has 0 aliphatic carbocycles. The number of benzene rings is 1. The summed E-state index contributed by atoms with van der Waals surface area (Å²) in [6.45, 7) is 5.93. The highest BCUT2D eigenvalue weighted by molar-refractivity contribution is 9.10. The summed E-state index contributed by atoms with van der Waals surface area (Å²) in [6.07, 6.45) is 0. The van der Waals surface area contributed by atoms with E-state index in [1.54, 1.807) is 12.1 Å². The van der Waals surface area contributed by atoms with Crippen molar-refractivity contribution in [2.24, 2.45) is 0 Å². The Hall–Kier alpha value is -1.16. The highest BCUT2D eigenvalue weighted by Gasteiger charge is 2.14. The largest absolute Gasteiger partial charge is 0.383 e. The van der Waals surface area contributed by atoms with Crippen LogP contribution in [0.3, 0.4) is 0 Å². The number of anilines is 1. The molecule has 0 aliphatic heterocycles. The topological polar surface area (TPSA) is 38.9 Å². The summed E-state index contributed by atoms with van der Waals surface area (Å²) >= 11 is 3.21. The summed E-state index contributed by atoms with van der Waals surface area (Å²) in [6, 6.07) is 3.52. The van der Waals surface area contributed by atoms with E-state index in [0.717, 1.165) is 11.1 Å². The lowest BCUT2D eigenvalue weighted by Crippen LogP contribution is -2.02. The molecule has 2 N–H and O–H groups in total. The molecule has 0 unspecified atom stereocenters. The minimum atomic E-state index is -0.278. The van der Waals surface area contributed by atoms with Crippen LogP contribution in [-0.2, 0) is 0 Å². The zero-order valence-electron chi connectivity index (χ0n) is 10.0. The van der Waals surface area contributed by atoms with Gasteiger partial charge >= 0.3 is 0 Å². The van der Waals surface area contributed by atoms with Crippen LogP contribution in [0, 0.1) is 12.7 Å². The lowest BCUT2D eigenvalue weighted by atomic mass is 10.0. The standard InChI is InChI=1S/C13H14BrFN2/c1-6(2)8-5-9-11(15)10(14)4-7(3)12(9)17-13(8)16/h4-6H,1-3H3,(H2,16,17). The van der Waals surface area contributed by atoms with E-state index >= 15 is 0 Å². The van der Waals surface area contributed by atoms with Gasteiger partial charge in [-0.15, -0.1) is 0 Å². The van der Waals surface area contributed by atoms with Gasteiger partial charge in [-0.25, -0.2) is 9.37 Å². The van der Waals surface area contributed by atoms with Crippen molar-refractivity contribution in [1.29, 1.82) is 0 Å². The van der Waals surface area contributed by atoms with Gasteiger partial charge in [0, 0.05) is 5.39 Å². The van der Waals surface area contributed by atoms with Gasteiger partial charge in [0.1, 0.15) is 11.6 Å². The number of hydrogen-bond donors (Lipinski definition) is 1. The van der Waals surface area contributed by atoms with Crippen LogP contribution >= 0.6 is 15.9 Å². The van der Waals surface area contributed by atoms with Gasteiger partial charge in [-0.05, 0) is 52.0 Å². The molecule has 0 aliphatic rings. The molecule has 1 aromatic heterocycles. The van der Waals surface area contributed by atoms with Crippen LogP contribution in [0.25, 0.3) is 10.9 Å². The molecule has 17 heavy (non-hydrogen) atoms. The summed E-state index contributed by atoms with van der Waals surface area (Å²) in [5, 5.41) is 0.523. The SMILES string of the molecule is Cc1cc(Br)c(F)c2cc(C(C)C)c(N)nc12. The molecule has 4 heteroatoms. The number of nitrogens with two attached hydrogens (primary N) is 1.